The first kappa shape index (κ1) is 18.3. The molecule has 0 aliphatic carbocycles. The van der Waals surface area contributed by atoms with Gasteiger partial charge in [-0.15, -0.1) is 11.3 Å². The lowest BCUT2D eigenvalue weighted by molar-refractivity contribution is 0.0585. The summed E-state index contributed by atoms with van der Waals surface area (Å²) >= 11 is 1.34. The van der Waals surface area contributed by atoms with Crippen LogP contribution in [0.5, 0.6) is 0 Å². The highest BCUT2D eigenvalue weighted by molar-refractivity contribution is 7.88. The Kier molecular flexibility index (Phi) is 6.12. The van der Waals surface area contributed by atoms with Crippen molar-refractivity contribution in [3.63, 3.8) is 0 Å². The second-order valence-corrected chi connectivity index (χ2v) is 8.76. The molecule has 0 spiro atoms. The zero-order chi connectivity index (χ0) is 17.0. The lowest BCUT2D eigenvalue weighted by Gasteiger charge is -2.32. The molecule has 1 aromatic heterocycles. The quantitative estimate of drug-likeness (QED) is 0.814. The largest absolute Gasteiger partial charge is 0.381 e. The lowest BCUT2D eigenvalue weighted by atomic mass is 10.1. The predicted molar refractivity (Wildman–Crippen MR) is 89.3 cm³/mol. The Balaban J connectivity index is 1.93. The first-order valence-electron chi connectivity index (χ1n) is 7.56. The summed E-state index contributed by atoms with van der Waals surface area (Å²) in [4.78, 5) is 17.0. The smallest absolute Gasteiger partial charge is 0.263 e. The minimum atomic E-state index is -3.31. The van der Waals surface area contributed by atoms with Gasteiger partial charge in [0.05, 0.1) is 17.0 Å². The Morgan fingerprint density at radius 2 is 2.04 bits per heavy atom. The Bertz CT molecular complexity index is 651. The van der Waals surface area contributed by atoms with Crippen molar-refractivity contribution in [2.45, 2.75) is 32.7 Å². The van der Waals surface area contributed by atoms with Crippen molar-refractivity contribution in [1.82, 2.24) is 14.6 Å². The van der Waals surface area contributed by atoms with Gasteiger partial charge in [0.25, 0.3) is 5.91 Å². The molecule has 2 rings (SSSR count). The highest BCUT2D eigenvalue weighted by Gasteiger charge is 2.28. The molecule has 1 amide bonds. The number of sulfonamides is 1. The van der Waals surface area contributed by atoms with Crippen LogP contribution in [0.2, 0.25) is 0 Å². The third-order valence-corrected chi connectivity index (χ3v) is 6.16. The van der Waals surface area contributed by atoms with Gasteiger partial charge in [0, 0.05) is 32.3 Å². The molecule has 23 heavy (non-hydrogen) atoms. The Morgan fingerprint density at radius 1 is 1.39 bits per heavy atom. The van der Waals surface area contributed by atoms with Gasteiger partial charge in [-0.25, -0.2) is 13.4 Å². The van der Waals surface area contributed by atoms with Crippen LogP contribution in [0.25, 0.3) is 0 Å². The number of hydrogen-bond donors (Lipinski definition) is 1. The molecule has 0 unspecified atom stereocenters. The number of hydrogen-bond acceptors (Lipinski definition) is 6. The van der Waals surface area contributed by atoms with Crippen molar-refractivity contribution in [1.29, 1.82) is 0 Å². The van der Waals surface area contributed by atoms with E-state index in [9.17, 15) is 13.2 Å². The molecule has 1 aliphatic heterocycles. The Labute approximate surface area is 141 Å². The molecular formula is C14H23N3O4S2. The summed E-state index contributed by atoms with van der Waals surface area (Å²) in [5.41, 5.74) is 0.703. The summed E-state index contributed by atoms with van der Waals surface area (Å²) in [5.74, 6) is -0.200. The summed E-state index contributed by atoms with van der Waals surface area (Å²) in [5, 5.41) is 3.63. The van der Waals surface area contributed by atoms with E-state index in [1.807, 2.05) is 6.92 Å². The second kappa shape index (κ2) is 7.69. The zero-order valence-electron chi connectivity index (χ0n) is 13.7. The van der Waals surface area contributed by atoms with Crippen LogP contribution in [0.3, 0.4) is 0 Å². The molecule has 1 aliphatic rings. The van der Waals surface area contributed by atoms with Crippen LogP contribution in [0.1, 0.15) is 33.2 Å². The molecule has 0 saturated carbocycles. The van der Waals surface area contributed by atoms with Crippen molar-refractivity contribution in [2.75, 3.05) is 32.6 Å². The molecule has 1 fully saturated rings. The van der Waals surface area contributed by atoms with Gasteiger partial charge in [-0.1, -0.05) is 0 Å². The standard InChI is InChI=1S/C14H23N3O4S2/c1-10-13(22-11(2)16-10)14(18)15-6-7-17(23(3,19)20)12-4-8-21-9-5-12/h12H,4-9H2,1-3H3,(H,15,18). The molecule has 130 valence electrons. The molecule has 0 bridgehead atoms. The lowest BCUT2D eigenvalue weighted by Crippen LogP contribution is -2.46. The van der Waals surface area contributed by atoms with Crippen LogP contribution in [-0.2, 0) is 14.8 Å². The zero-order valence-corrected chi connectivity index (χ0v) is 15.3. The van der Waals surface area contributed by atoms with E-state index in [1.165, 1.54) is 21.9 Å². The normalized spacial score (nSPS) is 16.7. The van der Waals surface area contributed by atoms with E-state index in [0.717, 1.165) is 5.01 Å². The summed E-state index contributed by atoms with van der Waals surface area (Å²) < 4.78 is 30.8. The fourth-order valence-corrected chi connectivity index (χ4v) is 4.71. The predicted octanol–water partition coefficient (Wildman–Crippen LogP) is 0.930. The highest BCUT2D eigenvalue weighted by atomic mass is 32.2. The average Bonchev–Trinajstić information content (AvgIpc) is 2.82. The monoisotopic (exact) mass is 361 g/mol. The maximum Gasteiger partial charge on any atom is 0.263 e. The topological polar surface area (TPSA) is 88.6 Å². The van der Waals surface area contributed by atoms with Crippen LogP contribution < -0.4 is 5.32 Å². The molecule has 0 radical (unpaired) electrons. The van der Waals surface area contributed by atoms with Crippen LogP contribution in [0.4, 0.5) is 0 Å². The van der Waals surface area contributed by atoms with E-state index in [-0.39, 0.29) is 25.0 Å². The maximum absolute atomic E-state index is 12.2. The minimum absolute atomic E-state index is 0.0527. The third-order valence-electron chi connectivity index (χ3n) is 3.75. The number of carbonyl (C=O) groups is 1. The number of nitrogens with one attached hydrogen (secondary N) is 1. The van der Waals surface area contributed by atoms with Crippen molar-refractivity contribution < 1.29 is 17.9 Å². The third kappa shape index (κ3) is 4.97. The summed E-state index contributed by atoms with van der Waals surface area (Å²) in [7, 11) is -3.31. The average molecular weight is 361 g/mol. The number of nitrogens with zero attached hydrogens (tertiary/aromatic N) is 2. The number of amides is 1. The van der Waals surface area contributed by atoms with E-state index in [4.69, 9.17) is 4.74 Å². The summed E-state index contributed by atoms with van der Waals surface area (Å²) in [6.45, 7) is 5.34. The Morgan fingerprint density at radius 3 is 2.57 bits per heavy atom. The molecule has 9 heteroatoms. The van der Waals surface area contributed by atoms with Gasteiger partial charge >= 0.3 is 0 Å². The number of aryl methyl sites for hydroxylation is 2. The van der Waals surface area contributed by atoms with Crippen molar-refractivity contribution >= 4 is 27.3 Å². The van der Waals surface area contributed by atoms with Gasteiger partial charge in [0.1, 0.15) is 4.88 Å². The number of aromatic nitrogens is 1. The van der Waals surface area contributed by atoms with Crippen molar-refractivity contribution in [3.8, 4) is 0 Å². The van der Waals surface area contributed by atoms with Crippen LogP contribution >= 0.6 is 11.3 Å². The molecule has 1 aromatic rings. The molecule has 1 N–H and O–H groups in total. The van der Waals surface area contributed by atoms with Gasteiger partial charge < -0.3 is 10.1 Å². The molecule has 2 heterocycles. The van der Waals surface area contributed by atoms with Gasteiger partial charge in [0.2, 0.25) is 10.0 Å². The van der Waals surface area contributed by atoms with E-state index in [2.05, 4.69) is 10.3 Å². The van der Waals surface area contributed by atoms with Crippen molar-refractivity contribution in [3.05, 3.63) is 15.6 Å². The fraction of sp³-hybridized carbons (Fsp3) is 0.714. The van der Waals surface area contributed by atoms with Crippen LogP contribution in [0, 0.1) is 13.8 Å². The molecule has 1 saturated heterocycles. The number of carbonyl (C=O) groups excluding carboxylic acids is 1. The van der Waals surface area contributed by atoms with Crippen molar-refractivity contribution in [2.24, 2.45) is 0 Å². The molecule has 0 atom stereocenters. The second-order valence-electron chi connectivity index (χ2n) is 5.62. The summed E-state index contributed by atoms with van der Waals surface area (Å²) in [6.07, 6.45) is 2.59. The summed E-state index contributed by atoms with van der Waals surface area (Å²) in [6, 6.07) is -0.0527. The van der Waals surface area contributed by atoms with E-state index < -0.39 is 10.0 Å². The first-order valence-corrected chi connectivity index (χ1v) is 10.2. The molecule has 7 nitrogen and oxygen atoms in total. The Hall–Kier alpha value is -1.03. The van der Waals surface area contributed by atoms with Gasteiger partial charge in [-0.05, 0) is 26.7 Å². The van der Waals surface area contributed by atoms with Gasteiger partial charge in [-0.3, -0.25) is 4.79 Å². The van der Waals surface area contributed by atoms with E-state index in [1.54, 1.807) is 6.92 Å². The number of rotatable bonds is 6. The number of thiazole rings is 1. The maximum atomic E-state index is 12.2. The van der Waals surface area contributed by atoms with Crippen LogP contribution in [0.15, 0.2) is 0 Å². The van der Waals surface area contributed by atoms with E-state index >= 15 is 0 Å². The minimum Gasteiger partial charge on any atom is -0.381 e. The van der Waals surface area contributed by atoms with Gasteiger partial charge in [0.15, 0.2) is 0 Å². The van der Waals surface area contributed by atoms with E-state index in [0.29, 0.717) is 36.6 Å². The van der Waals surface area contributed by atoms with Gasteiger partial charge in [-0.2, -0.15) is 4.31 Å². The number of ether oxygens (including phenoxy) is 1. The molecular weight excluding hydrogens is 338 g/mol. The highest BCUT2D eigenvalue weighted by Crippen LogP contribution is 2.18. The SMILES string of the molecule is Cc1nc(C)c(C(=O)NCCN(C2CCOCC2)S(C)(=O)=O)s1. The van der Waals surface area contributed by atoms with Crippen LogP contribution in [-0.4, -0.2) is 62.2 Å². The molecule has 0 aromatic carbocycles. The first-order chi connectivity index (χ1) is 10.8. The fourth-order valence-electron chi connectivity index (χ4n) is 2.69.